The fraction of sp³-hybridized carbons (Fsp3) is 0.435. The summed E-state index contributed by atoms with van der Waals surface area (Å²) in [5, 5.41) is 17.5. The number of nitrogens with zero attached hydrogens (tertiary/aromatic N) is 2. The molecule has 1 heterocycles. The summed E-state index contributed by atoms with van der Waals surface area (Å²) in [6, 6.07) is 14.8. The normalized spacial score (nSPS) is 16.8. The Kier molecular flexibility index (Phi) is 7.79. The average Bonchev–Trinajstić information content (AvgIpc) is 2.76. The highest BCUT2D eigenvalue weighted by Gasteiger charge is 2.19. The molecule has 0 radical (unpaired) electrons. The first-order chi connectivity index (χ1) is 14.5. The summed E-state index contributed by atoms with van der Waals surface area (Å²) in [5.74, 6) is -0.278. The van der Waals surface area contributed by atoms with Gasteiger partial charge in [-0.25, -0.2) is 0 Å². The predicted octanol–water partition coefficient (Wildman–Crippen LogP) is 4.20. The third-order valence-electron chi connectivity index (χ3n) is 5.63. The van der Waals surface area contributed by atoms with Gasteiger partial charge in [0.15, 0.2) is 0 Å². The van der Waals surface area contributed by atoms with Gasteiger partial charge in [-0.05, 0) is 50.4 Å². The molecule has 1 amide bonds. The summed E-state index contributed by atoms with van der Waals surface area (Å²) in [5.41, 5.74) is 1.63. The van der Waals surface area contributed by atoms with Crippen LogP contribution in [0.1, 0.15) is 48.5 Å². The van der Waals surface area contributed by atoms with Crippen LogP contribution in [-0.2, 0) is 6.54 Å². The molecule has 0 saturated carbocycles. The minimum atomic E-state index is -0.456. The second-order valence-corrected chi connectivity index (χ2v) is 7.82. The molecule has 2 N–H and O–H groups in total. The molecule has 1 fully saturated rings. The molecule has 1 atom stereocenters. The van der Waals surface area contributed by atoms with Crippen LogP contribution < -0.4 is 10.6 Å². The molecule has 2 aromatic rings. The molecule has 7 nitrogen and oxygen atoms in total. The summed E-state index contributed by atoms with van der Waals surface area (Å²) in [4.78, 5) is 26.0. The van der Waals surface area contributed by atoms with Crippen LogP contribution in [0.5, 0.6) is 0 Å². The third-order valence-corrected chi connectivity index (χ3v) is 5.63. The highest BCUT2D eigenvalue weighted by Crippen LogP contribution is 2.26. The molecule has 0 bridgehead atoms. The molecule has 3 rings (SSSR count). The summed E-state index contributed by atoms with van der Waals surface area (Å²) >= 11 is 0. The first kappa shape index (κ1) is 21.8. The van der Waals surface area contributed by atoms with Crippen LogP contribution in [0.3, 0.4) is 0 Å². The second-order valence-electron chi connectivity index (χ2n) is 7.82. The van der Waals surface area contributed by atoms with E-state index in [1.165, 1.54) is 25.3 Å². The number of carbonyl (C=O) groups excluding carboxylic acids is 1. The van der Waals surface area contributed by atoms with E-state index in [1.807, 2.05) is 30.3 Å². The van der Waals surface area contributed by atoms with E-state index in [2.05, 4.69) is 22.5 Å². The van der Waals surface area contributed by atoms with Crippen molar-refractivity contribution < 1.29 is 9.72 Å². The molecular formula is C23H30N4O3. The molecule has 1 saturated heterocycles. The fourth-order valence-corrected chi connectivity index (χ4v) is 3.84. The Balaban J connectivity index is 1.53. The van der Waals surface area contributed by atoms with Gasteiger partial charge in [-0.15, -0.1) is 0 Å². The van der Waals surface area contributed by atoms with Gasteiger partial charge in [0.1, 0.15) is 5.69 Å². The van der Waals surface area contributed by atoms with Crippen molar-refractivity contribution in [3.8, 4) is 0 Å². The van der Waals surface area contributed by atoms with Crippen LogP contribution in [-0.4, -0.2) is 41.4 Å². The van der Waals surface area contributed by atoms with E-state index >= 15 is 0 Å². The summed E-state index contributed by atoms with van der Waals surface area (Å²) in [7, 11) is 0. The summed E-state index contributed by atoms with van der Waals surface area (Å²) < 4.78 is 0. The second kappa shape index (κ2) is 10.7. The van der Waals surface area contributed by atoms with Crippen LogP contribution in [0.15, 0.2) is 48.5 Å². The van der Waals surface area contributed by atoms with E-state index in [9.17, 15) is 14.9 Å². The maximum Gasteiger partial charge on any atom is 0.293 e. The van der Waals surface area contributed by atoms with Gasteiger partial charge in [-0.2, -0.15) is 0 Å². The highest BCUT2D eigenvalue weighted by atomic mass is 16.6. The molecule has 0 spiro atoms. The minimum Gasteiger partial charge on any atom is -0.375 e. The van der Waals surface area contributed by atoms with Crippen molar-refractivity contribution in [2.45, 2.75) is 45.2 Å². The van der Waals surface area contributed by atoms with Crippen molar-refractivity contribution in [2.75, 3.05) is 25.0 Å². The molecule has 1 aliphatic rings. The topological polar surface area (TPSA) is 87.5 Å². The molecule has 2 aromatic carbocycles. The zero-order chi connectivity index (χ0) is 21.3. The average molecular weight is 411 g/mol. The van der Waals surface area contributed by atoms with Crippen LogP contribution in [0.25, 0.3) is 0 Å². The number of nitro benzene ring substituents is 1. The maximum absolute atomic E-state index is 12.5. The molecular weight excluding hydrogens is 380 g/mol. The molecule has 0 unspecified atom stereocenters. The van der Waals surface area contributed by atoms with Crippen molar-refractivity contribution in [2.24, 2.45) is 0 Å². The lowest BCUT2D eigenvalue weighted by Gasteiger charge is -2.33. The van der Waals surface area contributed by atoms with Crippen LogP contribution in [0, 0.1) is 10.1 Å². The van der Waals surface area contributed by atoms with Crippen molar-refractivity contribution >= 4 is 17.3 Å². The summed E-state index contributed by atoms with van der Waals surface area (Å²) in [6.07, 6.45) is 4.64. The van der Waals surface area contributed by atoms with Gasteiger partial charge >= 0.3 is 0 Å². The maximum atomic E-state index is 12.5. The number of amides is 1. The predicted molar refractivity (Wildman–Crippen MR) is 119 cm³/mol. The van der Waals surface area contributed by atoms with Gasteiger partial charge in [0, 0.05) is 37.3 Å². The number of rotatable bonds is 9. The Hall–Kier alpha value is -2.93. The molecule has 30 heavy (non-hydrogen) atoms. The number of hydrogen-bond acceptors (Lipinski definition) is 5. The Bertz CT molecular complexity index is 857. The van der Waals surface area contributed by atoms with E-state index in [4.69, 9.17) is 0 Å². The van der Waals surface area contributed by atoms with Gasteiger partial charge in [0.05, 0.1) is 4.92 Å². The zero-order valence-corrected chi connectivity index (χ0v) is 17.5. The Labute approximate surface area is 177 Å². The van der Waals surface area contributed by atoms with E-state index in [-0.39, 0.29) is 11.6 Å². The zero-order valence-electron chi connectivity index (χ0n) is 17.5. The van der Waals surface area contributed by atoms with Crippen molar-refractivity contribution in [1.82, 2.24) is 10.2 Å². The first-order valence-corrected chi connectivity index (χ1v) is 10.6. The van der Waals surface area contributed by atoms with Gasteiger partial charge in [0.2, 0.25) is 0 Å². The number of likely N-dealkylation sites (tertiary alicyclic amines) is 1. The van der Waals surface area contributed by atoms with Crippen LogP contribution >= 0.6 is 0 Å². The van der Waals surface area contributed by atoms with E-state index < -0.39 is 4.92 Å². The largest absolute Gasteiger partial charge is 0.375 e. The monoisotopic (exact) mass is 410 g/mol. The van der Waals surface area contributed by atoms with E-state index in [0.717, 1.165) is 25.1 Å². The Morgan fingerprint density at radius 3 is 2.73 bits per heavy atom. The SMILES string of the molecule is C[C@@H]1CCCCN1CCCNC(=O)c1ccc(NCc2ccccc2)c([N+](=O)[O-])c1. The van der Waals surface area contributed by atoms with Gasteiger partial charge < -0.3 is 15.5 Å². The van der Waals surface area contributed by atoms with Gasteiger partial charge in [-0.1, -0.05) is 36.8 Å². The summed E-state index contributed by atoms with van der Waals surface area (Å²) in [6.45, 7) is 5.37. The number of hydrogen-bond donors (Lipinski definition) is 2. The standard InChI is InChI=1S/C23H30N4O3/c1-18-8-5-6-14-26(18)15-7-13-24-23(28)20-11-12-21(22(16-20)27(29)30)25-17-19-9-3-2-4-10-19/h2-4,9-12,16,18,25H,5-8,13-15,17H2,1H3,(H,24,28)/t18-/m1/s1. The number of piperidine rings is 1. The Morgan fingerprint density at radius 2 is 2.00 bits per heavy atom. The lowest BCUT2D eigenvalue weighted by Crippen LogP contribution is -2.39. The molecule has 7 heteroatoms. The highest BCUT2D eigenvalue weighted by molar-refractivity contribution is 5.95. The van der Waals surface area contributed by atoms with Gasteiger partial charge in [-0.3, -0.25) is 14.9 Å². The number of nitro groups is 1. The number of anilines is 1. The lowest BCUT2D eigenvalue weighted by molar-refractivity contribution is -0.384. The molecule has 160 valence electrons. The van der Waals surface area contributed by atoms with Gasteiger partial charge in [0.25, 0.3) is 11.6 Å². The Morgan fingerprint density at radius 1 is 1.20 bits per heavy atom. The van der Waals surface area contributed by atoms with Crippen LogP contribution in [0.2, 0.25) is 0 Å². The van der Waals surface area contributed by atoms with Crippen molar-refractivity contribution in [1.29, 1.82) is 0 Å². The number of carbonyl (C=O) groups is 1. The molecule has 0 aromatic heterocycles. The quantitative estimate of drug-likeness (QED) is 0.367. The lowest BCUT2D eigenvalue weighted by atomic mass is 10.0. The third kappa shape index (κ3) is 6.03. The molecule has 0 aliphatic carbocycles. The van der Waals surface area contributed by atoms with Crippen LogP contribution in [0.4, 0.5) is 11.4 Å². The fourth-order valence-electron chi connectivity index (χ4n) is 3.84. The number of benzene rings is 2. The number of nitrogens with one attached hydrogen (secondary N) is 2. The van der Waals surface area contributed by atoms with E-state index in [1.54, 1.807) is 12.1 Å². The smallest absolute Gasteiger partial charge is 0.293 e. The first-order valence-electron chi connectivity index (χ1n) is 10.6. The van der Waals surface area contributed by atoms with Crippen molar-refractivity contribution in [3.63, 3.8) is 0 Å². The molecule has 1 aliphatic heterocycles. The van der Waals surface area contributed by atoms with E-state index in [0.29, 0.717) is 30.4 Å². The minimum absolute atomic E-state index is 0.0966. The van der Waals surface area contributed by atoms with Crippen molar-refractivity contribution in [3.05, 3.63) is 69.8 Å².